The lowest BCUT2D eigenvalue weighted by molar-refractivity contribution is -0.160. The van der Waals surface area contributed by atoms with Crippen LogP contribution in [0.4, 0.5) is 0 Å². The SMILES string of the molecule is C1CNCCN1.CCOCC(=O)OC(C)(C)C. The third kappa shape index (κ3) is 13.3. The Hall–Kier alpha value is -0.650. The minimum absolute atomic E-state index is 0.0494. The lowest BCUT2D eigenvalue weighted by atomic mass is 10.2. The minimum atomic E-state index is -0.409. The maximum Gasteiger partial charge on any atom is 0.332 e. The zero-order chi connectivity index (χ0) is 13.1. The fourth-order valence-corrected chi connectivity index (χ4v) is 1.16. The Morgan fingerprint density at radius 2 is 1.59 bits per heavy atom. The highest BCUT2D eigenvalue weighted by molar-refractivity contribution is 5.71. The van der Waals surface area contributed by atoms with Gasteiger partial charge in [0.05, 0.1) is 0 Å². The summed E-state index contributed by atoms with van der Waals surface area (Å²) in [5.41, 5.74) is -0.409. The van der Waals surface area contributed by atoms with Crippen LogP contribution in [0.15, 0.2) is 0 Å². The van der Waals surface area contributed by atoms with Crippen molar-refractivity contribution in [2.24, 2.45) is 0 Å². The highest BCUT2D eigenvalue weighted by Gasteiger charge is 2.15. The van der Waals surface area contributed by atoms with Crippen LogP contribution in [0.1, 0.15) is 27.7 Å². The summed E-state index contributed by atoms with van der Waals surface area (Å²) in [5.74, 6) is -0.306. The highest BCUT2D eigenvalue weighted by Crippen LogP contribution is 2.06. The largest absolute Gasteiger partial charge is 0.458 e. The molecule has 0 unspecified atom stereocenters. The molecular weight excluding hydrogens is 220 g/mol. The second kappa shape index (κ2) is 9.39. The van der Waals surface area contributed by atoms with Gasteiger partial charge in [0.1, 0.15) is 12.2 Å². The molecule has 1 saturated heterocycles. The number of hydrogen-bond acceptors (Lipinski definition) is 5. The second-order valence-corrected chi connectivity index (χ2v) is 4.72. The summed E-state index contributed by atoms with van der Waals surface area (Å²) >= 11 is 0. The number of rotatable bonds is 3. The average Bonchev–Trinajstić information content (AvgIpc) is 2.27. The first kappa shape index (κ1) is 16.4. The number of ether oxygens (including phenoxy) is 2. The molecule has 1 fully saturated rings. The standard InChI is InChI=1S/C8H16O3.C4H10N2/c1-5-10-6-7(9)11-8(2,3)4;1-2-6-4-3-5-1/h5-6H2,1-4H3;5-6H,1-4H2. The predicted molar refractivity (Wildman–Crippen MR) is 68.1 cm³/mol. The summed E-state index contributed by atoms with van der Waals surface area (Å²) in [4.78, 5) is 10.9. The van der Waals surface area contributed by atoms with Crippen LogP contribution in [0.3, 0.4) is 0 Å². The molecule has 0 amide bonds. The van der Waals surface area contributed by atoms with Crippen LogP contribution in [0.25, 0.3) is 0 Å². The third-order valence-electron chi connectivity index (χ3n) is 1.80. The molecule has 0 aromatic rings. The molecule has 17 heavy (non-hydrogen) atoms. The van der Waals surface area contributed by atoms with Crippen LogP contribution < -0.4 is 10.6 Å². The fraction of sp³-hybridized carbons (Fsp3) is 0.917. The maximum atomic E-state index is 10.9. The molecule has 1 heterocycles. The van der Waals surface area contributed by atoms with Crippen molar-refractivity contribution in [1.82, 2.24) is 10.6 Å². The Kier molecular flexibility index (Phi) is 9.03. The summed E-state index contributed by atoms with van der Waals surface area (Å²) in [7, 11) is 0. The van der Waals surface area contributed by atoms with E-state index in [1.165, 1.54) is 0 Å². The zero-order valence-electron chi connectivity index (χ0n) is 11.5. The van der Waals surface area contributed by atoms with E-state index in [9.17, 15) is 4.79 Å². The van der Waals surface area contributed by atoms with Crippen molar-refractivity contribution in [2.45, 2.75) is 33.3 Å². The van der Waals surface area contributed by atoms with E-state index in [2.05, 4.69) is 10.6 Å². The molecule has 5 heteroatoms. The molecule has 0 radical (unpaired) electrons. The highest BCUT2D eigenvalue weighted by atomic mass is 16.6. The van der Waals surface area contributed by atoms with Crippen LogP contribution in [0, 0.1) is 0 Å². The van der Waals surface area contributed by atoms with Gasteiger partial charge in [-0.1, -0.05) is 0 Å². The summed E-state index contributed by atoms with van der Waals surface area (Å²) < 4.78 is 9.84. The summed E-state index contributed by atoms with van der Waals surface area (Å²) in [6.45, 7) is 12.5. The Labute approximate surface area is 104 Å². The van der Waals surface area contributed by atoms with Gasteiger partial charge in [0.15, 0.2) is 0 Å². The molecule has 0 spiro atoms. The molecule has 102 valence electrons. The number of carbonyl (C=O) groups excluding carboxylic acids is 1. The Morgan fingerprint density at radius 1 is 1.12 bits per heavy atom. The molecule has 1 aliphatic heterocycles. The van der Waals surface area contributed by atoms with Gasteiger partial charge in [-0.05, 0) is 27.7 Å². The number of nitrogens with one attached hydrogen (secondary N) is 2. The van der Waals surface area contributed by atoms with Crippen LogP contribution >= 0.6 is 0 Å². The average molecular weight is 246 g/mol. The molecule has 0 saturated carbocycles. The van der Waals surface area contributed by atoms with Crippen LogP contribution in [0.5, 0.6) is 0 Å². The number of piperazine rings is 1. The van der Waals surface area contributed by atoms with Gasteiger partial charge in [-0.15, -0.1) is 0 Å². The van der Waals surface area contributed by atoms with E-state index in [0.717, 1.165) is 26.2 Å². The van der Waals surface area contributed by atoms with E-state index in [-0.39, 0.29) is 12.6 Å². The van der Waals surface area contributed by atoms with Gasteiger partial charge in [-0.2, -0.15) is 0 Å². The van der Waals surface area contributed by atoms with Gasteiger partial charge < -0.3 is 20.1 Å². The van der Waals surface area contributed by atoms with Gasteiger partial charge in [-0.3, -0.25) is 0 Å². The minimum Gasteiger partial charge on any atom is -0.458 e. The lowest BCUT2D eigenvalue weighted by Gasteiger charge is -2.19. The molecule has 0 aromatic carbocycles. The zero-order valence-corrected chi connectivity index (χ0v) is 11.5. The maximum absolute atomic E-state index is 10.9. The van der Waals surface area contributed by atoms with E-state index < -0.39 is 5.60 Å². The van der Waals surface area contributed by atoms with Crippen LogP contribution in [-0.2, 0) is 14.3 Å². The molecule has 1 rings (SSSR count). The summed E-state index contributed by atoms with van der Waals surface area (Å²) in [6.07, 6.45) is 0. The van der Waals surface area contributed by atoms with Crippen molar-refractivity contribution in [3.05, 3.63) is 0 Å². The van der Waals surface area contributed by atoms with Crippen LogP contribution in [-0.4, -0.2) is 51.0 Å². The molecule has 5 nitrogen and oxygen atoms in total. The van der Waals surface area contributed by atoms with Crippen LogP contribution in [0.2, 0.25) is 0 Å². The van der Waals surface area contributed by atoms with Crippen molar-refractivity contribution in [3.63, 3.8) is 0 Å². The van der Waals surface area contributed by atoms with Crippen molar-refractivity contribution in [1.29, 1.82) is 0 Å². The second-order valence-electron chi connectivity index (χ2n) is 4.72. The monoisotopic (exact) mass is 246 g/mol. The Balaban J connectivity index is 0.000000354. The number of carbonyl (C=O) groups is 1. The van der Waals surface area contributed by atoms with Gasteiger partial charge in [-0.25, -0.2) is 4.79 Å². The van der Waals surface area contributed by atoms with E-state index in [4.69, 9.17) is 9.47 Å². The third-order valence-corrected chi connectivity index (χ3v) is 1.80. The van der Waals surface area contributed by atoms with E-state index >= 15 is 0 Å². The first-order valence-corrected chi connectivity index (χ1v) is 6.16. The smallest absolute Gasteiger partial charge is 0.332 e. The first-order chi connectivity index (χ1) is 7.95. The number of esters is 1. The van der Waals surface area contributed by atoms with Crippen molar-refractivity contribution in [3.8, 4) is 0 Å². The Morgan fingerprint density at radius 3 is 1.88 bits per heavy atom. The normalized spacial score (nSPS) is 15.8. The molecular formula is C12H26N2O3. The Bertz CT molecular complexity index is 187. The fourth-order valence-electron chi connectivity index (χ4n) is 1.16. The van der Waals surface area contributed by atoms with E-state index in [0.29, 0.717) is 6.61 Å². The van der Waals surface area contributed by atoms with Gasteiger partial charge in [0.25, 0.3) is 0 Å². The van der Waals surface area contributed by atoms with Gasteiger partial charge >= 0.3 is 5.97 Å². The molecule has 2 N–H and O–H groups in total. The molecule has 0 bridgehead atoms. The first-order valence-electron chi connectivity index (χ1n) is 6.16. The van der Waals surface area contributed by atoms with Crippen molar-refractivity contribution >= 4 is 5.97 Å². The summed E-state index contributed by atoms with van der Waals surface area (Å²) in [6, 6.07) is 0. The van der Waals surface area contributed by atoms with Crippen molar-refractivity contribution < 1.29 is 14.3 Å². The number of hydrogen-bond donors (Lipinski definition) is 2. The lowest BCUT2D eigenvalue weighted by Crippen LogP contribution is -2.39. The van der Waals surface area contributed by atoms with E-state index in [1.54, 1.807) is 0 Å². The molecule has 1 aliphatic rings. The topological polar surface area (TPSA) is 59.6 Å². The summed E-state index contributed by atoms with van der Waals surface area (Å²) in [5, 5.41) is 6.44. The quantitative estimate of drug-likeness (QED) is 0.712. The van der Waals surface area contributed by atoms with Gasteiger partial charge in [0.2, 0.25) is 0 Å². The molecule has 0 aliphatic carbocycles. The van der Waals surface area contributed by atoms with Gasteiger partial charge in [0, 0.05) is 32.8 Å². The van der Waals surface area contributed by atoms with Crippen molar-refractivity contribution in [2.75, 3.05) is 39.4 Å². The predicted octanol–water partition coefficient (Wildman–Crippen LogP) is 0.544. The van der Waals surface area contributed by atoms with E-state index in [1.807, 2.05) is 27.7 Å². The molecule has 0 atom stereocenters. The molecule has 0 aromatic heterocycles.